The number of rotatable bonds is 3. The van der Waals surface area contributed by atoms with Gasteiger partial charge in [0.15, 0.2) is 5.82 Å². The Bertz CT molecular complexity index is 504. The molecule has 2 heterocycles. The summed E-state index contributed by atoms with van der Waals surface area (Å²) in [7, 11) is 0. The lowest BCUT2D eigenvalue weighted by atomic mass is 10.3. The predicted octanol–water partition coefficient (Wildman–Crippen LogP) is 0.176. The summed E-state index contributed by atoms with van der Waals surface area (Å²) in [6.45, 7) is 2.05. The van der Waals surface area contributed by atoms with Crippen molar-refractivity contribution < 1.29 is 4.79 Å². The Balaban J connectivity index is 2.47. The van der Waals surface area contributed by atoms with Gasteiger partial charge in [-0.25, -0.2) is 9.50 Å². The summed E-state index contributed by atoms with van der Waals surface area (Å²) in [5.41, 5.74) is 5.46. The number of hydrogen-bond acceptors (Lipinski definition) is 4. The van der Waals surface area contributed by atoms with E-state index >= 15 is 0 Å². The third kappa shape index (κ3) is 1.78. The lowest BCUT2D eigenvalue weighted by molar-refractivity contribution is 0.0999. The van der Waals surface area contributed by atoms with Crippen LogP contribution in [0.5, 0.6) is 0 Å². The zero-order chi connectivity index (χ0) is 10.8. The van der Waals surface area contributed by atoms with Crippen LogP contribution >= 0.6 is 0 Å². The Kier molecular flexibility index (Phi) is 2.32. The maximum atomic E-state index is 10.9. The highest BCUT2D eigenvalue weighted by molar-refractivity contribution is 5.92. The quantitative estimate of drug-likeness (QED) is 0.774. The van der Waals surface area contributed by atoms with Crippen LogP contribution in [0.3, 0.4) is 0 Å². The van der Waals surface area contributed by atoms with Crippen molar-refractivity contribution in [1.29, 1.82) is 0 Å². The molecule has 0 saturated heterocycles. The third-order valence-corrected chi connectivity index (χ3v) is 2.00. The van der Waals surface area contributed by atoms with Crippen molar-refractivity contribution in [2.24, 2.45) is 5.73 Å². The number of aryl methyl sites for hydroxylation is 1. The molecule has 0 aliphatic rings. The van der Waals surface area contributed by atoms with Crippen LogP contribution in [-0.2, 0) is 6.42 Å². The van der Waals surface area contributed by atoms with Crippen LogP contribution < -0.4 is 5.73 Å². The average molecular weight is 205 g/mol. The predicted molar refractivity (Wildman–Crippen MR) is 53.3 cm³/mol. The molecule has 0 aliphatic heterocycles. The Morgan fingerprint density at radius 1 is 1.60 bits per heavy atom. The van der Waals surface area contributed by atoms with E-state index in [2.05, 4.69) is 15.1 Å². The van der Waals surface area contributed by atoms with Gasteiger partial charge in [-0.2, -0.15) is 4.98 Å². The van der Waals surface area contributed by atoms with Gasteiger partial charge < -0.3 is 5.73 Å². The third-order valence-electron chi connectivity index (χ3n) is 2.00. The van der Waals surface area contributed by atoms with Crippen molar-refractivity contribution in [3.63, 3.8) is 0 Å². The van der Waals surface area contributed by atoms with Gasteiger partial charge in [0.25, 0.3) is 11.7 Å². The number of hydrogen-bond donors (Lipinski definition) is 1. The maximum Gasteiger partial charge on any atom is 0.252 e. The molecule has 6 nitrogen and oxygen atoms in total. The molecule has 0 fully saturated rings. The summed E-state index contributed by atoms with van der Waals surface area (Å²) in [5, 5.41) is 4.18. The van der Waals surface area contributed by atoms with E-state index in [1.54, 1.807) is 0 Å². The van der Waals surface area contributed by atoms with Gasteiger partial charge in [-0.3, -0.25) is 4.79 Å². The highest BCUT2D eigenvalue weighted by Gasteiger charge is 2.06. The standard InChI is InChI=1S/C9H11N5O/c1-2-3-7-12-9-11-4-6(8(10)15)5-14(9)13-7/h4-5H,2-3H2,1H3,(H2,10,15). The molecule has 6 heteroatoms. The first-order valence-electron chi connectivity index (χ1n) is 4.72. The molecule has 2 N–H and O–H groups in total. The molecule has 0 aromatic carbocycles. The molecule has 0 bridgehead atoms. The van der Waals surface area contributed by atoms with Crippen molar-refractivity contribution in [3.05, 3.63) is 23.8 Å². The zero-order valence-corrected chi connectivity index (χ0v) is 8.34. The van der Waals surface area contributed by atoms with Gasteiger partial charge in [-0.1, -0.05) is 6.92 Å². The Morgan fingerprint density at radius 3 is 3.07 bits per heavy atom. The Labute approximate surface area is 86.1 Å². The summed E-state index contributed by atoms with van der Waals surface area (Å²) >= 11 is 0. The normalized spacial score (nSPS) is 10.7. The number of primary amides is 1. The summed E-state index contributed by atoms with van der Waals surface area (Å²) in [5.74, 6) is 0.701. The first-order valence-corrected chi connectivity index (χ1v) is 4.72. The minimum Gasteiger partial charge on any atom is -0.366 e. The Hall–Kier alpha value is -1.98. The van der Waals surface area contributed by atoms with Crippen molar-refractivity contribution in [1.82, 2.24) is 19.6 Å². The summed E-state index contributed by atoms with van der Waals surface area (Å²) in [6.07, 6.45) is 4.72. The minimum atomic E-state index is -0.517. The van der Waals surface area contributed by atoms with Gasteiger partial charge in [0.05, 0.1) is 5.56 Å². The van der Waals surface area contributed by atoms with Gasteiger partial charge >= 0.3 is 0 Å². The van der Waals surface area contributed by atoms with Gasteiger partial charge in [-0.05, 0) is 6.42 Å². The summed E-state index contributed by atoms with van der Waals surface area (Å²) < 4.78 is 1.48. The zero-order valence-electron chi connectivity index (χ0n) is 8.34. The molecule has 1 amide bonds. The van der Waals surface area contributed by atoms with E-state index in [0.717, 1.165) is 18.7 Å². The topological polar surface area (TPSA) is 86.2 Å². The number of fused-ring (bicyclic) bond motifs is 1. The first-order chi connectivity index (χ1) is 7.20. The molecular weight excluding hydrogens is 194 g/mol. The molecule has 2 aromatic heterocycles. The number of carbonyl (C=O) groups is 1. The summed E-state index contributed by atoms with van der Waals surface area (Å²) in [6, 6.07) is 0. The average Bonchev–Trinajstić information content (AvgIpc) is 2.59. The van der Waals surface area contributed by atoms with E-state index in [-0.39, 0.29) is 0 Å². The largest absolute Gasteiger partial charge is 0.366 e. The molecular formula is C9H11N5O. The molecule has 78 valence electrons. The van der Waals surface area contributed by atoms with Crippen LogP contribution in [-0.4, -0.2) is 25.5 Å². The van der Waals surface area contributed by atoms with Crippen LogP contribution in [0.2, 0.25) is 0 Å². The molecule has 2 rings (SSSR count). The van der Waals surface area contributed by atoms with Crippen molar-refractivity contribution in [2.75, 3.05) is 0 Å². The molecule has 0 atom stereocenters. The number of nitrogens with two attached hydrogens (primary N) is 1. The summed E-state index contributed by atoms with van der Waals surface area (Å²) in [4.78, 5) is 19.1. The van der Waals surface area contributed by atoms with Crippen molar-refractivity contribution in [2.45, 2.75) is 19.8 Å². The van der Waals surface area contributed by atoms with E-state index in [1.165, 1.54) is 16.9 Å². The fourth-order valence-electron chi connectivity index (χ4n) is 1.28. The molecule has 15 heavy (non-hydrogen) atoms. The van der Waals surface area contributed by atoms with Crippen LogP contribution in [0, 0.1) is 0 Å². The number of carbonyl (C=O) groups excluding carboxylic acids is 1. The van der Waals surface area contributed by atoms with Crippen LogP contribution in [0.4, 0.5) is 0 Å². The molecule has 0 saturated carbocycles. The smallest absolute Gasteiger partial charge is 0.252 e. The fraction of sp³-hybridized carbons (Fsp3) is 0.333. The lowest BCUT2D eigenvalue weighted by Crippen LogP contribution is -2.12. The molecule has 0 aliphatic carbocycles. The van der Waals surface area contributed by atoms with E-state index in [0.29, 0.717) is 11.3 Å². The minimum absolute atomic E-state index is 0.329. The number of nitrogens with zero attached hydrogens (tertiary/aromatic N) is 4. The maximum absolute atomic E-state index is 10.9. The number of amides is 1. The second-order valence-corrected chi connectivity index (χ2v) is 3.23. The second-order valence-electron chi connectivity index (χ2n) is 3.23. The van der Waals surface area contributed by atoms with Crippen LogP contribution in [0.25, 0.3) is 5.78 Å². The number of aromatic nitrogens is 4. The molecule has 0 spiro atoms. The van der Waals surface area contributed by atoms with E-state index in [1.807, 2.05) is 6.92 Å². The Morgan fingerprint density at radius 2 is 2.40 bits per heavy atom. The van der Waals surface area contributed by atoms with Crippen LogP contribution in [0.15, 0.2) is 12.4 Å². The first kappa shape index (κ1) is 9.57. The lowest BCUT2D eigenvalue weighted by Gasteiger charge is -1.93. The molecule has 0 radical (unpaired) electrons. The molecule has 2 aromatic rings. The van der Waals surface area contributed by atoms with E-state index in [9.17, 15) is 4.79 Å². The van der Waals surface area contributed by atoms with Gasteiger partial charge in [0, 0.05) is 18.8 Å². The van der Waals surface area contributed by atoms with Crippen LogP contribution in [0.1, 0.15) is 29.5 Å². The van der Waals surface area contributed by atoms with Gasteiger partial charge in [-0.15, -0.1) is 5.10 Å². The molecule has 0 unspecified atom stereocenters. The van der Waals surface area contributed by atoms with E-state index in [4.69, 9.17) is 5.73 Å². The fourth-order valence-corrected chi connectivity index (χ4v) is 1.28. The van der Waals surface area contributed by atoms with Crippen molar-refractivity contribution in [3.8, 4) is 0 Å². The highest BCUT2D eigenvalue weighted by atomic mass is 16.1. The monoisotopic (exact) mass is 205 g/mol. The van der Waals surface area contributed by atoms with Gasteiger partial charge in [0.2, 0.25) is 0 Å². The highest BCUT2D eigenvalue weighted by Crippen LogP contribution is 2.02. The SMILES string of the molecule is CCCc1nc2ncc(C(N)=O)cn2n1. The second kappa shape index (κ2) is 3.64. The van der Waals surface area contributed by atoms with E-state index < -0.39 is 5.91 Å². The van der Waals surface area contributed by atoms with Crippen molar-refractivity contribution >= 4 is 11.7 Å². The van der Waals surface area contributed by atoms with Gasteiger partial charge in [0.1, 0.15) is 0 Å².